The van der Waals surface area contributed by atoms with Gasteiger partial charge in [0.15, 0.2) is 5.82 Å². The Hall–Kier alpha value is -2.01. The molecule has 4 rings (SSSR count). The van der Waals surface area contributed by atoms with E-state index in [1.165, 1.54) is 25.7 Å². The number of hydrogen-bond acceptors (Lipinski definition) is 5. The van der Waals surface area contributed by atoms with Crippen molar-refractivity contribution in [3.05, 3.63) is 35.8 Å². The maximum absolute atomic E-state index is 4.81. The first kappa shape index (κ1) is 15.5. The second-order valence-corrected chi connectivity index (χ2v) is 7.24. The van der Waals surface area contributed by atoms with E-state index in [-0.39, 0.29) is 0 Å². The van der Waals surface area contributed by atoms with Crippen molar-refractivity contribution < 1.29 is 0 Å². The fourth-order valence-electron chi connectivity index (χ4n) is 3.85. The van der Waals surface area contributed by atoms with E-state index in [1.54, 1.807) is 6.20 Å². The number of hydrogen-bond donors (Lipinski definition) is 2. The summed E-state index contributed by atoms with van der Waals surface area (Å²) in [4.78, 5) is 13.6. The number of nitrogens with one attached hydrogen (secondary N) is 2. The van der Waals surface area contributed by atoms with Crippen LogP contribution in [0.1, 0.15) is 43.4 Å². The lowest BCUT2D eigenvalue weighted by molar-refractivity contribution is 0.135. The van der Waals surface area contributed by atoms with Crippen LogP contribution in [0.4, 0.5) is 5.82 Å². The number of rotatable bonds is 3. The predicted molar refractivity (Wildman–Crippen MR) is 96.0 cm³/mol. The quantitative estimate of drug-likeness (QED) is 0.908. The van der Waals surface area contributed by atoms with E-state index in [9.17, 15) is 0 Å². The van der Waals surface area contributed by atoms with E-state index in [0.717, 1.165) is 41.4 Å². The maximum atomic E-state index is 4.81. The van der Waals surface area contributed by atoms with Crippen LogP contribution in [0.2, 0.25) is 0 Å². The largest absolute Gasteiger partial charge is 0.367 e. The summed E-state index contributed by atoms with van der Waals surface area (Å²) in [5, 5.41) is 7.44. The van der Waals surface area contributed by atoms with Crippen molar-refractivity contribution in [3.63, 3.8) is 0 Å². The third-order valence-electron chi connectivity index (χ3n) is 5.59. The van der Waals surface area contributed by atoms with Gasteiger partial charge in [0.25, 0.3) is 0 Å². The first-order valence-corrected chi connectivity index (χ1v) is 8.92. The summed E-state index contributed by atoms with van der Waals surface area (Å²) < 4.78 is 0. The zero-order valence-corrected chi connectivity index (χ0v) is 14.5. The van der Waals surface area contributed by atoms with Gasteiger partial charge in [-0.15, -0.1) is 0 Å². The molecule has 0 bridgehead atoms. The third-order valence-corrected chi connectivity index (χ3v) is 5.59. The van der Waals surface area contributed by atoms with E-state index in [1.807, 2.05) is 18.3 Å². The molecule has 0 amide bonds. The number of nitrogens with zero attached hydrogens (tertiary/aromatic N) is 3. The average Bonchev–Trinajstić information content (AvgIpc) is 2.58. The fraction of sp³-hybridized carbons (Fsp3) is 0.526. The summed E-state index contributed by atoms with van der Waals surface area (Å²) in [5.41, 5.74) is 3.52. The van der Waals surface area contributed by atoms with Gasteiger partial charge >= 0.3 is 0 Å². The van der Waals surface area contributed by atoms with Crippen LogP contribution in [0.15, 0.2) is 24.5 Å². The zero-order valence-electron chi connectivity index (χ0n) is 14.5. The van der Waals surface area contributed by atoms with Crippen molar-refractivity contribution in [2.75, 3.05) is 11.9 Å². The molecule has 2 N–H and O–H groups in total. The summed E-state index contributed by atoms with van der Waals surface area (Å²) in [5.74, 6) is 1.73. The van der Waals surface area contributed by atoms with Gasteiger partial charge in [-0.1, -0.05) is 0 Å². The molecule has 2 aliphatic rings. The Kier molecular flexibility index (Phi) is 3.96. The van der Waals surface area contributed by atoms with Crippen molar-refractivity contribution in [2.45, 2.75) is 57.5 Å². The van der Waals surface area contributed by atoms with Crippen LogP contribution in [0.25, 0.3) is 11.4 Å². The van der Waals surface area contributed by atoms with Gasteiger partial charge in [0, 0.05) is 40.8 Å². The Balaban J connectivity index is 1.59. The molecule has 1 aliphatic heterocycles. The third kappa shape index (κ3) is 2.88. The van der Waals surface area contributed by atoms with Crippen molar-refractivity contribution in [1.82, 2.24) is 20.3 Å². The number of anilines is 1. The molecule has 1 aliphatic carbocycles. The molecular weight excluding hydrogens is 298 g/mol. The van der Waals surface area contributed by atoms with Crippen LogP contribution in [-0.4, -0.2) is 33.1 Å². The summed E-state index contributed by atoms with van der Waals surface area (Å²) in [6.45, 7) is 5.25. The lowest BCUT2D eigenvalue weighted by atomic mass is 9.70. The van der Waals surface area contributed by atoms with Gasteiger partial charge < -0.3 is 10.6 Å². The van der Waals surface area contributed by atoms with Gasteiger partial charge in [0.2, 0.25) is 0 Å². The molecule has 3 heterocycles. The van der Waals surface area contributed by atoms with Gasteiger partial charge in [0.1, 0.15) is 5.82 Å². The van der Waals surface area contributed by atoms with Crippen molar-refractivity contribution >= 4 is 5.82 Å². The molecule has 1 atom stereocenters. The minimum absolute atomic E-state index is 0.387. The maximum Gasteiger partial charge on any atom is 0.163 e. The van der Waals surface area contributed by atoms with E-state index in [4.69, 9.17) is 4.98 Å². The Labute approximate surface area is 143 Å². The van der Waals surface area contributed by atoms with Crippen molar-refractivity contribution in [1.29, 1.82) is 0 Å². The number of pyridine rings is 1. The molecule has 2 aromatic rings. The summed E-state index contributed by atoms with van der Waals surface area (Å²) >= 11 is 0. The standard InChI is InChI=1S/C19H25N5/c1-13-14(2)22-18(15-5-3-9-20-12-15)24-17(13)23-16-6-10-21-19(11-16)7-4-8-19/h3,5,9,12,16,21H,4,6-8,10-11H2,1-2H3,(H,22,23,24). The minimum atomic E-state index is 0.387. The Morgan fingerprint density at radius 2 is 2.12 bits per heavy atom. The smallest absolute Gasteiger partial charge is 0.163 e. The highest BCUT2D eigenvalue weighted by atomic mass is 15.1. The molecule has 5 nitrogen and oxygen atoms in total. The van der Waals surface area contributed by atoms with Gasteiger partial charge in [0.05, 0.1) is 0 Å². The molecule has 1 spiro atoms. The summed E-state index contributed by atoms with van der Waals surface area (Å²) in [6, 6.07) is 4.42. The van der Waals surface area contributed by atoms with Gasteiger partial charge in [-0.05, 0) is 64.6 Å². The van der Waals surface area contributed by atoms with Crippen LogP contribution in [0, 0.1) is 13.8 Å². The number of piperidine rings is 1. The monoisotopic (exact) mass is 323 g/mol. The van der Waals surface area contributed by atoms with E-state index in [2.05, 4.69) is 34.4 Å². The van der Waals surface area contributed by atoms with Crippen molar-refractivity contribution in [3.8, 4) is 11.4 Å². The SMILES string of the molecule is Cc1nc(-c2cccnc2)nc(NC2CCNC3(CCC3)C2)c1C. The summed E-state index contributed by atoms with van der Waals surface area (Å²) in [6.07, 6.45) is 9.92. The van der Waals surface area contributed by atoms with Crippen molar-refractivity contribution in [2.24, 2.45) is 0 Å². The molecule has 24 heavy (non-hydrogen) atoms. The molecular formula is C19H25N5. The minimum Gasteiger partial charge on any atom is -0.367 e. The molecule has 2 fully saturated rings. The molecule has 0 aromatic carbocycles. The topological polar surface area (TPSA) is 62.7 Å². The van der Waals surface area contributed by atoms with E-state index < -0.39 is 0 Å². The van der Waals surface area contributed by atoms with Crippen LogP contribution in [0.3, 0.4) is 0 Å². The van der Waals surface area contributed by atoms with Crippen LogP contribution < -0.4 is 10.6 Å². The lowest BCUT2D eigenvalue weighted by Gasteiger charge is -2.48. The van der Waals surface area contributed by atoms with Crippen LogP contribution in [-0.2, 0) is 0 Å². The van der Waals surface area contributed by atoms with Crippen LogP contribution in [0.5, 0.6) is 0 Å². The number of aromatic nitrogens is 3. The van der Waals surface area contributed by atoms with Gasteiger partial charge in [-0.3, -0.25) is 4.98 Å². The molecule has 5 heteroatoms. The molecule has 1 saturated carbocycles. The molecule has 126 valence electrons. The molecule has 0 radical (unpaired) electrons. The zero-order chi connectivity index (χ0) is 16.6. The Morgan fingerprint density at radius 3 is 2.83 bits per heavy atom. The highest BCUT2D eigenvalue weighted by Crippen LogP contribution is 2.39. The second-order valence-electron chi connectivity index (χ2n) is 7.24. The highest BCUT2D eigenvalue weighted by molar-refractivity contribution is 5.58. The average molecular weight is 323 g/mol. The first-order valence-electron chi connectivity index (χ1n) is 8.92. The van der Waals surface area contributed by atoms with Gasteiger partial charge in [-0.25, -0.2) is 9.97 Å². The van der Waals surface area contributed by atoms with Crippen LogP contribution >= 0.6 is 0 Å². The second kappa shape index (κ2) is 6.13. The summed E-state index contributed by atoms with van der Waals surface area (Å²) in [7, 11) is 0. The molecule has 1 saturated heterocycles. The fourth-order valence-corrected chi connectivity index (χ4v) is 3.85. The lowest BCUT2D eigenvalue weighted by Crippen LogP contribution is -2.58. The molecule has 1 unspecified atom stereocenters. The number of aryl methyl sites for hydroxylation is 1. The predicted octanol–water partition coefficient (Wildman–Crippen LogP) is 3.24. The van der Waals surface area contributed by atoms with Gasteiger partial charge in [-0.2, -0.15) is 0 Å². The van der Waals surface area contributed by atoms with E-state index >= 15 is 0 Å². The molecule has 2 aromatic heterocycles. The highest BCUT2D eigenvalue weighted by Gasteiger charge is 2.41. The van der Waals surface area contributed by atoms with E-state index in [0.29, 0.717) is 11.6 Å². The first-order chi connectivity index (χ1) is 11.7. The normalized spacial score (nSPS) is 22.2. The Morgan fingerprint density at radius 1 is 1.25 bits per heavy atom. The Bertz CT molecular complexity index is 724.